The molecule has 0 aliphatic carbocycles. The maximum atomic E-state index is 14.0. The van der Waals surface area contributed by atoms with Crippen LogP contribution in [0.25, 0.3) is 16.7 Å². The zero-order chi connectivity index (χ0) is 27.9. The first-order valence-corrected chi connectivity index (χ1v) is 14.3. The molecule has 0 unspecified atom stereocenters. The number of nitrogens with zero attached hydrogens (tertiary/aromatic N) is 4. The highest BCUT2D eigenvalue weighted by Crippen LogP contribution is 2.33. The number of ketones is 1. The minimum Gasteiger partial charge on any atom is -0.466 e. The van der Waals surface area contributed by atoms with E-state index in [1.165, 1.54) is 6.42 Å². The SMILES string of the molecule is CCOC(=O)CCc1cc2c(nc1C)c(C(=O)CN1CCCCC1)c(CCC(C)C)n2-c1ccc(C#N)cc1. The number of carbonyl (C=O) groups is 2. The highest BCUT2D eigenvalue weighted by molar-refractivity contribution is 6.09. The van der Waals surface area contributed by atoms with Gasteiger partial charge in [-0.05, 0) is 101 Å². The molecule has 1 fully saturated rings. The number of pyridine rings is 1. The Morgan fingerprint density at radius 1 is 1.10 bits per heavy atom. The minimum atomic E-state index is -0.227. The van der Waals surface area contributed by atoms with E-state index in [0.29, 0.717) is 36.6 Å². The first-order chi connectivity index (χ1) is 18.8. The monoisotopic (exact) mass is 528 g/mol. The van der Waals surface area contributed by atoms with Gasteiger partial charge in [0.1, 0.15) is 0 Å². The molecule has 0 atom stereocenters. The van der Waals surface area contributed by atoms with Crippen molar-refractivity contribution in [2.75, 3.05) is 26.2 Å². The summed E-state index contributed by atoms with van der Waals surface area (Å²) < 4.78 is 7.30. The Hall–Kier alpha value is -3.50. The Bertz CT molecular complexity index is 1360. The van der Waals surface area contributed by atoms with Crippen LogP contribution in [0, 0.1) is 24.2 Å². The fourth-order valence-corrected chi connectivity index (χ4v) is 5.44. The smallest absolute Gasteiger partial charge is 0.306 e. The van der Waals surface area contributed by atoms with E-state index in [2.05, 4.69) is 35.5 Å². The van der Waals surface area contributed by atoms with Crippen molar-refractivity contribution in [2.24, 2.45) is 5.92 Å². The maximum Gasteiger partial charge on any atom is 0.306 e. The number of hydrogen-bond donors (Lipinski definition) is 0. The van der Waals surface area contributed by atoms with Crippen molar-refractivity contribution in [1.29, 1.82) is 5.26 Å². The summed E-state index contributed by atoms with van der Waals surface area (Å²) >= 11 is 0. The molecule has 0 N–H and O–H groups in total. The molecule has 0 amide bonds. The fourth-order valence-electron chi connectivity index (χ4n) is 5.44. The van der Waals surface area contributed by atoms with Crippen LogP contribution in [0.2, 0.25) is 0 Å². The van der Waals surface area contributed by atoms with E-state index in [9.17, 15) is 14.9 Å². The first kappa shape index (κ1) is 28.5. The molecular formula is C32H40N4O3. The minimum absolute atomic E-state index is 0.110. The van der Waals surface area contributed by atoms with Crippen molar-refractivity contribution < 1.29 is 14.3 Å². The number of likely N-dealkylation sites (tertiary alicyclic amines) is 1. The molecule has 7 heteroatoms. The topological polar surface area (TPSA) is 88.2 Å². The largest absolute Gasteiger partial charge is 0.466 e. The van der Waals surface area contributed by atoms with Gasteiger partial charge in [0, 0.05) is 23.5 Å². The second-order valence-corrected chi connectivity index (χ2v) is 10.9. The standard InChI is InChI=1S/C32H40N4O3/c1-5-39-30(38)16-12-25-19-28-32(34-23(25)4)31(29(37)21-35-17-7-6-8-18-35)27(15-9-22(2)3)36(28)26-13-10-24(20-33)11-14-26/h10-11,13-14,19,22H,5-9,12,15-18,21H2,1-4H3. The van der Waals surface area contributed by atoms with Crippen LogP contribution >= 0.6 is 0 Å². The van der Waals surface area contributed by atoms with E-state index in [1.54, 1.807) is 0 Å². The van der Waals surface area contributed by atoms with Crippen LogP contribution in [0.1, 0.15) is 85.7 Å². The number of piperidine rings is 1. The molecule has 1 aliphatic rings. The van der Waals surface area contributed by atoms with E-state index < -0.39 is 0 Å². The lowest BCUT2D eigenvalue weighted by atomic mass is 10.0. The van der Waals surface area contributed by atoms with Crippen LogP contribution in [0.3, 0.4) is 0 Å². The quantitative estimate of drug-likeness (QED) is 0.225. The molecule has 0 bridgehead atoms. The van der Waals surface area contributed by atoms with Gasteiger partial charge in [0.05, 0.1) is 41.4 Å². The second kappa shape index (κ2) is 13.0. The molecule has 7 nitrogen and oxygen atoms in total. The molecule has 206 valence electrons. The molecule has 0 spiro atoms. The van der Waals surface area contributed by atoms with E-state index in [-0.39, 0.29) is 18.2 Å². The molecule has 0 radical (unpaired) electrons. The van der Waals surface area contributed by atoms with Crippen molar-refractivity contribution in [3.05, 3.63) is 58.4 Å². The third-order valence-corrected chi connectivity index (χ3v) is 7.55. The molecule has 1 aliphatic heterocycles. The predicted octanol–water partition coefficient (Wildman–Crippen LogP) is 5.96. The number of rotatable bonds is 11. The average molecular weight is 529 g/mol. The molecule has 3 aromatic rings. The van der Waals surface area contributed by atoms with Crippen LogP contribution in [0.5, 0.6) is 0 Å². The van der Waals surface area contributed by atoms with Gasteiger partial charge in [0.2, 0.25) is 0 Å². The molecule has 39 heavy (non-hydrogen) atoms. The molecule has 2 aromatic heterocycles. The number of Topliss-reactive ketones (excluding diaryl/α,β-unsaturated/α-hetero) is 1. The van der Waals surface area contributed by atoms with Gasteiger partial charge in [-0.15, -0.1) is 0 Å². The fraction of sp³-hybridized carbons (Fsp3) is 0.500. The van der Waals surface area contributed by atoms with Crippen LogP contribution in [-0.4, -0.2) is 52.4 Å². The van der Waals surface area contributed by atoms with Gasteiger partial charge >= 0.3 is 5.97 Å². The summed E-state index contributed by atoms with van der Waals surface area (Å²) in [6, 6.07) is 11.8. The molecule has 3 heterocycles. The molecule has 0 saturated carbocycles. The van der Waals surface area contributed by atoms with Gasteiger partial charge in [-0.1, -0.05) is 20.3 Å². The number of fused-ring (bicyclic) bond motifs is 1. The zero-order valence-electron chi connectivity index (χ0n) is 23.8. The highest BCUT2D eigenvalue weighted by Gasteiger charge is 2.27. The van der Waals surface area contributed by atoms with Crippen molar-refractivity contribution >= 4 is 22.8 Å². The molecular weight excluding hydrogens is 488 g/mol. The number of esters is 1. The summed E-state index contributed by atoms with van der Waals surface area (Å²) in [5.74, 6) is 0.353. The number of aryl methyl sites for hydroxylation is 2. The molecule has 4 rings (SSSR count). The molecule has 1 aromatic carbocycles. The number of ether oxygens (including phenoxy) is 1. The Labute approximate surface area is 231 Å². The Morgan fingerprint density at radius 2 is 1.82 bits per heavy atom. The Morgan fingerprint density at radius 3 is 2.46 bits per heavy atom. The highest BCUT2D eigenvalue weighted by atomic mass is 16.5. The number of carbonyl (C=O) groups excluding carboxylic acids is 2. The Balaban J connectivity index is 1.88. The van der Waals surface area contributed by atoms with E-state index >= 15 is 0 Å². The second-order valence-electron chi connectivity index (χ2n) is 10.9. The summed E-state index contributed by atoms with van der Waals surface area (Å²) in [5, 5.41) is 9.36. The summed E-state index contributed by atoms with van der Waals surface area (Å²) in [5.41, 5.74) is 6.55. The first-order valence-electron chi connectivity index (χ1n) is 14.3. The van der Waals surface area contributed by atoms with Crippen molar-refractivity contribution in [3.63, 3.8) is 0 Å². The summed E-state index contributed by atoms with van der Waals surface area (Å²) in [7, 11) is 0. The Kier molecular flexibility index (Phi) is 9.53. The van der Waals surface area contributed by atoms with Crippen LogP contribution in [0.4, 0.5) is 0 Å². The average Bonchev–Trinajstić information content (AvgIpc) is 3.24. The normalized spacial score (nSPS) is 14.1. The lowest BCUT2D eigenvalue weighted by Crippen LogP contribution is -2.34. The van der Waals surface area contributed by atoms with Gasteiger partial charge in [-0.3, -0.25) is 19.5 Å². The van der Waals surface area contributed by atoms with Crippen LogP contribution < -0.4 is 0 Å². The number of hydrogen-bond acceptors (Lipinski definition) is 6. The lowest BCUT2D eigenvalue weighted by Gasteiger charge is -2.25. The van der Waals surface area contributed by atoms with Crippen LogP contribution in [-0.2, 0) is 22.4 Å². The number of aromatic nitrogens is 2. The van der Waals surface area contributed by atoms with E-state index in [4.69, 9.17) is 9.72 Å². The van der Waals surface area contributed by atoms with Crippen molar-refractivity contribution in [2.45, 2.75) is 72.6 Å². The predicted molar refractivity (Wildman–Crippen MR) is 153 cm³/mol. The lowest BCUT2D eigenvalue weighted by molar-refractivity contribution is -0.143. The summed E-state index contributed by atoms with van der Waals surface area (Å²) in [6.45, 7) is 10.8. The van der Waals surface area contributed by atoms with Crippen LogP contribution in [0.15, 0.2) is 30.3 Å². The van der Waals surface area contributed by atoms with Gasteiger partial charge in [0.15, 0.2) is 5.78 Å². The third-order valence-electron chi connectivity index (χ3n) is 7.55. The number of benzene rings is 1. The van der Waals surface area contributed by atoms with E-state index in [0.717, 1.165) is 72.4 Å². The van der Waals surface area contributed by atoms with E-state index in [1.807, 2.05) is 38.1 Å². The van der Waals surface area contributed by atoms with Gasteiger partial charge in [-0.2, -0.15) is 5.26 Å². The van der Waals surface area contributed by atoms with Gasteiger partial charge in [0.25, 0.3) is 0 Å². The maximum absolute atomic E-state index is 14.0. The van der Waals surface area contributed by atoms with Crippen molar-refractivity contribution in [3.8, 4) is 11.8 Å². The summed E-state index contributed by atoms with van der Waals surface area (Å²) in [4.78, 5) is 33.4. The van der Waals surface area contributed by atoms with Gasteiger partial charge in [-0.25, -0.2) is 0 Å². The molecule has 1 saturated heterocycles. The zero-order valence-corrected chi connectivity index (χ0v) is 23.8. The van der Waals surface area contributed by atoms with Crippen molar-refractivity contribution in [1.82, 2.24) is 14.5 Å². The number of nitriles is 1. The summed E-state index contributed by atoms with van der Waals surface area (Å²) in [6.07, 6.45) is 5.95. The third kappa shape index (κ3) is 6.75. The van der Waals surface area contributed by atoms with Gasteiger partial charge < -0.3 is 9.30 Å².